The first-order chi connectivity index (χ1) is 15.4. The van der Waals surface area contributed by atoms with E-state index < -0.39 is 17.6 Å². The van der Waals surface area contributed by atoms with Crippen LogP contribution in [0.4, 0.5) is 15.8 Å². The zero-order valence-electron chi connectivity index (χ0n) is 18.1. The molecule has 0 aliphatic carbocycles. The number of carbonyl (C=O) groups excluding carboxylic acids is 2. The first-order valence-electron chi connectivity index (χ1n) is 10.4. The van der Waals surface area contributed by atoms with Gasteiger partial charge in [-0.05, 0) is 62.2 Å². The fourth-order valence-electron chi connectivity index (χ4n) is 3.83. The summed E-state index contributed by atoms with van der Waals surface area (Å²) in [6.45, 7) is 6.17. The average molecular weight is 430 g/mol. The Morgan fingerprint density at radius 1 is 0.938 bits per heavy atom. The molecule has 6 heteroatoms. The minimum absolute atomic E-state index is 0.123. The number of hydrogen-bond donors (Lipinski definition) is 1. The van der Waals surface area contributed by atoms with E-state index >= 15 is 0 Å². The predicted octanol–water partition coefficient (Wildman–Crippen LogP) is 5.24. The van der Waals surface area contributed by atoms with Crippen LogP contribution in [-0.2, 0) is 9.59 Å². The molecule has 5 nitrogen and oxygen atoms in total. The molecule has 1 aliphatic rings. The van der Waals surface area contributed by atoms with Gasteiger partial charge in [-0.1, -0.05) is 42.0 Å². The van der Waals surface area contributed by atoms with Gasteiger partial charge in [-0.25, -0.2) is 9.29 Å². The minimum atomic E-state index is -0.554. The molecule has 0 saturated heterocycles. The molecule has 1 aliphatic heterocycles. The van der Waals surface area contributed by atoms with Gasteiger partial charge in [0.25, 0.3) is 11.8 Å². The topological polar surface area (TPSA) is 58.6 Å². The molecule has 0 bridgehead atoms. The molecule has 4 rings (SSSR count). The Morgan fingerprint density at radius 2 is 1.72 bits per heavy atom. The van der Waals surface area contributed by atoms with Crippen molar-refractivity contribution in [3.63, 3.8) is 0 Å². The molecule has 0 aromatic heterocycles. The number of anilines is 2. The molecule has 32 heavy (non-hydrogen) atoms. The third-order valence-corrected chi connectivity index (χ3v) is 5.25. The Bertz CT molecular complexity index is 1250. The van der Waals surface area contributed by atoms with E-state index in [4.69, 9.17) is 4.74 Å². The van der Waals surface area contributed by atoms with Gasteiger partial charge in [0, 0.05) is 0 Å². The first-order valence-corrected chi connectivity index (χ1v) is 10.4. The molecule has 162 valence electrons. The summed E-state index contributed by atoms with van der Waals surface area (Å²) < 4.78 is 19.6. The third kappa shape index (κ3) is 3.87. The lowest BCUT2D eigenvalue weighted by Crippen LogP contribution is -2.32. The summed E-state index contributed by atoms with van der Waals surface area (Å²) in [4.78, 5) is 28.0. The number of halogens is 1. The number of benzene rings is 3. The minimum Gasteiger partial charge on any atom is -0.492 e. The molecular formula is C26H23FN2O3. The van der Waals surface area contributed by atoms with Gasteiger partial charge >= 0.3 is 0 Å². The smallest absolute Gasteiger partial charge is 0.282 e. The third-order valence-electron chi connectivity index (χ3n) is 5.25. The lowest BCUT2D eigenvalue weighted by molar-refractivity contribution is -0.120. The number of ether oxygens (including phenoxy) is 1. The van der Waals surface area contributed by atoms with Crippen molar-refractivity contribution < 1.29 is 18.7 Å². The summed E-state index contributed by atoms with van der Waals surface area (Å²) in [7, 11) is 0. The summed E-state index contributed by atoms with van der Waals surface area (Å²) in [5, 5.41) is 3.13. The van der Waals surface area contributed by atoms with E-state index in [0.717, 1.165) is 16.0 Å². The maximum atomic E-state index is 13.9. The Kier molecular flexibility index (Phi) is 5.77. The van der Waals surface area contributed by atoms with Gasteiger partial charge in [0.2, 0.25) is 0 Å². The second kappa shape index (κ2) is 8.67. The van der Waals surface area contributed by atoms with Crippen LogP contribution in [0.2, 0.25) is 0 Å². The highest BCUT2D eigenvalue weighted by atomic mass is 19.1. The first kappa shape index (κ1) is 21.3. The van der Waals surface area contributed by atoms with Crippen LogP contribution < -0.4 is 15.0 Å². The molecule has 0 fully saturated rings. The molecule has 0 spiro atoms. The quantitative estimate of drug-likeness (QED) is 0.544. The highest BCUT2D eigenvalue weighted by Gasteiger charge is 2.41. The Balaban J connectivity index is 1.87. The lowest BCUT2D eigenvalue weighted by Gasteiger charge is -2.16. The molecule has 3 aromatic carbocycles. The summed E-state index contributed by atoms with van der Waals surface area (Å²) >= 11 is 0. The van der Waals surface area contributed by atoms with Crippen LogP contribution in [0.1, 0.15) is 23.6 Å². The standard InChI is InChI=1S/C26H23FN2O3/c1-4-32-22-11-6-5-10-21(22)28-24-23(20-13-12-16(2)14-17(20)3)25(30)29(26(24)31)19-9-7-8-18(27)15-19/h5-15,28H,4H2,1-3H3. The number of aryl methyl sites for hydroxylation is 2. The zero-order valence-corrected chi connectivity index (χ0v) is 18.1. The number of amides is 2. The van der Waals surface area contributed by atoms with Crippen molar-refractivity contribution in [1.29, 1.82) is 0 Å². The van der Waals surface area contributed by atoms with Crippen molar-refractivity contribution in [1.82, 2.24) is 0 Å². The maximum Gasteiger partial charge on any atom is 0.282 e. The molecule has 0 saturated carbocycles. The van der Waals surface area contributed by atoms with Crippen molar-refractivity contribution >= 4 is 28.8 Å². The molecule has 2 amide bonds. The van der Waals surface area contributed by atoms with Crippen molar-refractivity contribution in [2.45, 2.75) is 20.8 Å². The van der Waals surface area contributed by atoms with E-state index in [2.05, 4.69) is 5.32 Å². The van der Waals surface area contributed by atoms with E-state index in [-0.39, 0.29) is 17.0 Å². The number of nitrogens with one attached hydrogen (secondary N) is 1. The number of nitrogens with zero attached hydrogens (tertiary/aromatic N) is 1. The highest BCUT2D eigenvalue weighted by molar-refractivity contribution is 6.46. The van der Waals surface area contributed by atoms with Crippen LogP contribution in [-0.4, -0.2) is 18.4 Å². The largest absolute Gasteiger partial charge is 0.492 e. The summed E-state index contributed by atoms with van der Waals surface area (Å²) in [5.41, 5.74) is 3.65. The molecule has 0 unspecified atom stereocenters. The van der Waals surface area contributed by atoms with Crippen molar-refractivity contribution in [3.05, 3.63) is 94.9 Å². The van der Waals surface area contributed by atoms with Gasteiger partial charge in [0.15, 0.2) is 0 Å². The Morgan fingerprint density at radius 3 is 2.44 bits per heavy atom. The van der Waals surface area contributed by atoms with Crippen molar-refractivity contribution in [2.75, 3.05) is 16.8 Å². The SMILES string of the molecule is CCOc1ccccc1NC1=C(c2ccc(C)cc2C)C(=O)N(c2cccc(F)c2)C1=O. The average Bonchev–Trinajstić information content (AvgIpc) is 2.99. The molecular weight excluding hydrogens is 407 g/mol. The van der Waals surface area contributed by atoms with E-state index in [9.17, 15) is 14.0 Å². The normalized spacial score (nSPS) is 13.7. The van der Waals surface area contributed by atoms with Crippen LogP contribution in [0.5, 0.6) is 5.75 Å². The Hall–Kier alpha value is -3.93. The van der Waals surface area contributed by atoms with Gasteiger partial charge in [0.05, 0.1) is 23.6 Å². The van der Waals surface area contributed by atoms with Gasteiger partial charge in [-0.15, -0.1) is 0 Å². The van der Waals surface area contributed by atoms with Crippen LogP contribution in [0.15, 0.2) is 72.4 Å². The van der Waals surface area contributed by atoms with E-state index in [1.165, 1.54) is 24.3 Å². The summed E-state index contributed by atoms with van der Waals surface area (Å²) in [6.07, 6.45) is 0. The second-order valence-electron chi connectivity index (χ2n) is 7.55. The number of para-hydroxylation sites is 2. The fraction of sp³-hybridized carbons (Fsp3) is 0.154. The van der Waals surface area contributed by atoms with Crippen LogP contribution in [0.3, 0.4) is 0 Å². The van der Waals surface area contributed by atoms with E-state index in [0.29, 0.717) is 23.6 Å². The van der Waals surface area contributed by atoms with Gasteiger partial charge in [-0.3, -0.25) is 9.59 Å². The number of rotatable bonds is 6. The molecule has 1 N–H and O–H groups in total. The molecule has 0 radical (unpaired) electrons. The van der Waals surface area contributed by atoms with Crippen LogP contribution >= 0.6 is 0 Å². The molecule has 0 atom stereocenters. The van der Waals surface area contributed by atoms with Gasteiger partial charge in [-0.2, -0.15) is 0 Å². The monoisotopic (exact) mass is 430 g/mol. The number of hydrogen-bond acceptors (Lipinski definition) is 4. The summed E-state index contributed by atoms with van der Waals surface area (Å²) in [5.74, 6) is -1.03. The van der Waals surface area contributed by atoms with Crippen molar-refractivity contribution in [3.8, 4) is 5.75 Å². The fourth-order valence-corrected chi connectivity index (χ4v) is 3.83. The van der Waals surface area contributed by atoms with Crippen LogP contribution in [0, 0.1) is 19.7 Å². The highest BCUT2D eigenvalue weighted by Crippen LogP contribution is 2.37. The van der Waals surface area contributed by atoms with Crippen LogP contribution in [0.25, 0.3) is 5.57 Å². The maximum absolute atomic E-state index is 13.9. The van der Waals surface area contributed by atoms with Gasteiger partial charge < -0.3 is 10.1 Å². The summed E-state index contributed by atoms with van der Waals surface area (Å²) in [6, 6.07) is 18.3. The lowest BCUT2D eigenvalue weighted by atomic mass is 9.97. The number of carbonyl (C=O) groups is 2. The Labute approximate surface area is 186 Å². The van der Waals surface area contributed by atoms with E-state index in [1.807, 2.05) is 51.1 Å². The van der Waals surface area contributed by atoms with E-state index in [1.54, 1.807) is 12.1 Å². The molecule has 1 heterocycles. The van der Waals surface area contributed by atoms with Gasteiger partial charge in [0.1, 0.15) is 17.3 Å². The number of imide groups is 1. The van der Waals surface area contributed by atoms with Crippen molar-refractivity contribution in [2.24, 2.45) is 0 Å². The zero-order chi connectivity index (χ0) is 22.8. The molecule has 3 aromatic rings. The second-order valence-corrected chi connectivity index (χ2v) is 7.55. The predicted molar refractivity (Wildman–Crippen MR) is 123 cm³/mol.